The third-order valence-electron chi connectivity index (χ3n) is 1.86. The van der Waals surface area contributed by atoms with E-state index >= 15 is 0 Å². The van der Waals surface area contributed by atoms with Crippen LogP contribution in [0, 0.1) is 5.92 Å². The Hall–Kier alpha value is -0.610. The summed E-state index contributed by atoms with van der Waals surface area (Å²) in [6.45, 7) is 4.60. The Labute approximate surface area is 79.5 Å². The maximum Gasteiger partial charge on any atom is 0.220 e. The molecule has 0 aliphatic heterocycles. The molecule has 4 heteroatoms. The van der Waals surface area contributed by atoms with Crippen LogP contribution in [-0.4, -0.2) is 30.2 Å². The van der Waals surface area contributed by atoms with Gasteiger partial charge in [-0.25, -0.2) is 0 Å². The summed E-state index contributed by atoms with van der Waals surface area (Å²) < 4.78 is 0. The highest BCUT2D eigenvalue weighted by Gasteiger charge is 2.05. The fourth-order valence-electron chi connectivity index (χ4n) is 0.845. The van der Waals surface area contributed by atoms with Gasteiger partial charge in [-0.1, -0.05) is 6.92 Å². The summed E-state index contributed by atoms with van der Waals surface area (Å²) in [4.78, 5) is 11.1. The molecule has 13 heavy (non-hydrogen) atoms. The van der Waals surface area contributed by atoms with Crippen molar-refractivity contribution < 1.29 is 9.90 Å². The molecule has 0 spiro atoms. The molecule has 0 rings (SSSR count). The van der Waals surface area contributed by atoms with Gasteiger partial charge in [-0.05, 0) is 25.8 Å². The number of nitrogens with one attached hydrogen (secondary N) is 1. The Balaban J connectivity index is 3.40. The first-order chi connectivity index (χ1) is 6.06. The second-order valence-electron chi connectivity index (χ2n) is 3.53. The molecule has 0 bridgehead atoms. The highest BCUT2D eigenvalue weighted by molar-refractivity contribution is 5.75. The van der Waals surface area contributed by atoms with E-state index in [1.54, 1.807) is 6.92 Å². The fourth-order valence-corrected chi connectivity index (χ4v) is 0.845. The van der Waals surface area contributed by atoms with Gasteiger partial charge in [-0.3, -0.25) is 4.79 Å². The Kier molecular flexibility index (Phi) is 6.54. The van der Waals surface area contributed by atoms with E-state index in [1.165, 1.54) is 0 Å². The van der Waals surface area contributed by atoms with E-state index in [0.717, 1.165) is 6.42 Å². The molecule has 0 aromatic rings. The Bertz CT molecular complexity index is 149. The number of carbonyl (C=O) groups is 1. The van der Waals surface area contributed by atoms with Crippen molar-refractivity contribution in [1.29, 1.82) is 0 Å². The minimum absolute atomic E-state index is 0.0128. The molecule has 2 unspecified atom stereocenters. The van der Waals surface area contributed by atoms with Gasteiger partial charge < -0.3 is 16.2 Å². The van der Waals surface area contributed by atoms with E-state index in [4.69, 9.17) is 10.8 Å². The number of nitrogens with two attached hydrogens (primary N) is 1. The normalized spacial score (nSPS) is 15.1. The smallest absolute Gasteiger partial charge is 0.220 e. The molecular weight excluding hydrogens is 168 g/mol. The summed E-state index contributed by atoms with van der Waals surface area (Å²) in [5, 5.41) is 11.5. The summed E-state index contributed by atoms with van der Waals surface area (Å²) in [6, 6.07) is 0. The van der Waals surface area contributed by atoms with Crippen LogP contribution in [0.25, 0.3) is 0 Å². The van der Waals surface area contributed by atoms with Crippen LogP contribution >= 0.6 is 0 Å². The average molecular weight is 188 g/mol. The molecule has 0 fully saturated rings. The van der Waals surface area contributed by atoms with Crippen molar-refractivity contribution in [2.45, 2.75) is 32.8 Å². The lowest BCUT2D eigenvalue weighted by molar-refractivity contribution is -0.121. The lowest BCUT2D eigenvalue weighted by Gasteiger charge is -2.09. The van der Waals surface area contributed by atoms with Gasteiger partial charge in [0, 0.05) is 13.0 Å². The first-order valence-corrected chi connectivity index (χ1v) is 4.71. The predicted octanol–water partition coefficient (Wildman–Crippen LogP) is -0.142. The molecule has 4 N–H and O–H groups in total. The van der Waals surface area contributed by atoms with Crippen LogP contribution < -0.4 is 11.1 Å². The van der Waals surface area contributed by atoms with Gasteiger partial charge >= 0.3 is 0 Å². The second-order valence-corrected chi connectivity index (χ2v) is 3.53. The van der Waals surface area contributed by atoms with Gasteiger partial charge in [0.2, 0.25) is 5.91 Å². The van der Waals surface area contributed by atoms with Gasteiger partial charge in [0.05, 0.1) is 6.10 Å². The van der Waals surface area contributed by atoms with Crippen molar-refractivity contribution in [2.75, 3.05) is 13.1 Å². The quantitative estimate of drug-likeness (QED) is 0.543. The van der Waals surface area contributed by atoms with E-state index < -0.39 is 6.10 Å². The molecule has 78 valence electrons. The van der Waals surface area contributed by atoms with Crippen molar-refractivity contribution >= 4 is 5.91 Å². The van der Waals surface area contributed by atoms with Crippen molar-refractivity contribution in [2.24, 2.45) is 11.7 Å². The zero-order valence-electron chi connectivity index (χ0n) is 8.42. The molecule has 0 aromatic carbocycles. The summed E-state index contributed by atoms with van der Waals surface area (Å²) in [7, 11) is 0. The zero-order chi connectivity index (χ0) is 10.3. The minimum Gasteiger partial charge on any atom is -0.392 e. The number of aliphatic hydroxyl groups is 1. The topological polar surface area (TPSA) is 75.3 Å². The van der Waals surface area contributed by atoms with Gasteiger partial charge in [0.15, 0.2) is 0 Å². The first kappa shape index (κ1) is 12.4. The van der Waals surface area contributed by atoms with Gasteiger partial charge in [-0.2, -0.15) is 0 Å². The number of hydrogen-bond donors (Lipinski definition) is 3. The SMILES string of the molecule is CC(O)CNC(=O)CCC(C)CN. The molecule has 4 nitrogen and oxygen atoms in total. The van der Waals surface area contributed by atoms with Crippen LogP contribution in [0.2, 0.25) is 0 Å². The van der Waals surface area contributed by atoms with E-state index in [-0.39, 0.29) is 5.91 Å². The Morgan fingerprint density at radius 2 is 2.15 bits per heavy atom. The van der Waals surface area contributed by atoms with Gasteiger partial charge in [0.1, 0.15) is 0 Å². The minimum atomic E-state index is -0.476. The molecule has 0 heterocycles. The van der Waals surface area contributed by atoms with Crippen LogP contribution in [0.5, 0.6) is 0 Å². The third-order valence-corrected chi connectivity index (χ3v) is 1.86. The number of rotatable bonds is 6. The van der Waals surface area contributed by atoms with E-state index in [2.05, 4.69) is 5.32 Å². The molecule has 0 radical (unpaired) electrons. The second kappa shape index (κ2) is 6.86. The van der Waals surface area contributed by atoms with Crippen LogP contribution in [0.1, 0.15) is 26.7 Å². The molecular formula is C9H20N2O2. The highest BCUT2D eigenvalue weighted by atomic mass is 16.3. The lowest BCUT2D eigenvalue weighted by Crippen LogP contribution is -2.30. The van der Waals surface area contributed by atoms with Crippen molar-refractivity contribution in [3.63, 3.8) is 0 Å². The zero-order valence-corrected chi connectivity index (χ0v) is 8.42. The van der Waals surface area contributed by atoms with Crippen LogP contribution in [0.4, 0.5) is 0 Å². The summed E-state index contributed by atoms with van der Waals surface area (Å²) >= 11 is 0. The van der Waals surface area contributed by atoms with Crippen molar-refractivity contribution in [3.8, 4) is 0 Å². The van der Waals surface area contributed by atoms with Gasteiger partial charge in [-0.15, -0.1) is 0 Å². The largest absolute Gasteiger partial charge is 0.392 e. The summed E-state index contributed by atoms with van der Waals surface area (Å²) in [5.74, 6) is 0.374. The summed E-state index contributed by atoms with van der Waals surface area (Å²) in [6.07, 6.45) is 0.823. The first-order valence-electron chi connectivity index (χ1n) is 4.71. The van der Waals surface area contributed by atoms with E-state index in [1.807, 2.05) is 6.92 Å². The molecule has 0 aliphatic carbocycles. The lowest BCUT2D eigenvalue weighted by atomic mass is 10.1. The number of amides is 1. The maximum absolute atomic E-state index is 11.1. The monoisotopic (exact) mass is 188 g/mol. The molecule has 2 atom stereocenters. The predicted molar refractivity (Wildman–Crippen MR) is 52.1 cm³/mol. The number of aliphatic hydroxyl groups excluding tert-OH is 1. The molecule has 0 saturated carbocycles. The fraction of sp³-hybridized carbons (Fsp3) is 0.889. The molecule has 0 aromatic heterocycles. The van der Waals surface area contributed by atoms with E-state index in [9.17, 15) is 4.79 Å². The highest BCUT2D eigenvalue weighted by Crippen LogP contribution is 2.02. The third kappa shape index (κ3) is 7.74. The molecule has 0 aliphatic rings. The number of hydrogen-bond acceptors (Lipinski definition) is 3. The molecule has 0 saturated heterocycles. The number of carbonyl (C=O) groups excluding carboxylic acids is 1. The van der Waals surface area contributed by atoms with Gasteiger partial charge in [0.25, 0.3) is 0 Å². The van der Waals surface area contributed by atoms with Crippen LogP contribution in [0.3, 0.4) is 0 Å². The van der Waals surface area contributed by atoms with Crippen molar-refractivity contribution in [3.05, 3.63) is 0 Å². The van der Waals surface area contributed by atoms with Crippen LogP contribution in [-0.2, 0) is 4.79 Å². The molecule has 1 amide bonds. The average Bonchev–Trinajstić information content (AvgIpc) is 2.10. The Morgan fingerprint density at radius 3 is 2.62 bits per heavy atom. The van der Waals surface area contributed by atoms with Crippen LogP contribution in [0.15, 0.2) is 0 Å². The summed E-state index contributed by atoms with van der Waals surface area (Å²) in [5.41, 5.74) is 5.41. The van der Waals surface area contributed by atoms with E-state index in [0.29, 0.717) is 25.4 Å². The Morgan fingerprint density at radius 1 is 1.54 bits per heavy atom. The van der Waals surface area contributed by atoms with Crippen molar-refractivity contribution in [1.82, 2.24) is 5.32 Å². The standard InChI is InChI=1S/C9H20N2O2/c1-7(5-10)3-4-9(13)11-6-8(2)12/h7-8,12H,3-6,10H2,1-2H3,(H,11,13). The maximum atomic E-state index is 11.1.